The van der Waals surface area contributed by atoms with Crippen molar-refractivity contribution in [2.24, 2.45) is 16.6 Å². The van der Waals surface area contributed by atoms with Crippen molar-refractivity contribution in [2.75, 3.05) is 25.9 Å². The molecule has 6 atom stereocenters. The van der Waals surface area contributed by atoms with E-state index in [1.54, 1.807) is 7.05 Å². The minimum absolute atomic E-state index is 0.0579. The monoisotopic (exact) mass is 604 g/mol. The second-order valence-electron chi connectivity index (χ2n) is 11.5. The largest absolute Gasteiger partial charge is 0.480 e. The summed E-state index contributed by atoms with van der Waals surface area (Å²) in [6.45, 7) is 0.208. The lowest BCUT2D eigenvalue weighted by Crippen LogP contribution is -2.53. The lowest BCUT2D eigenvalue weighted by atomic mass is 9.85. The smallest absolute Gasteiger partial charge is 0.326 e. The molecule has 4 aliphatic rings. The number of aliphatic imine (C=N–C) groups is 1. The van der Waals surface area contributed by atoms with Crippen molar-refractivity contribution in [3.8, 4) is 0 Å². The van der Waals surface area contributed by atoms with Gasteiger partial charge in [-0.05, 0) is 36.6 Å². The maximum absolute atomic E-state index is 13.5. The SMILES string of the molecule is CN(C(=O)[C@@H](N)CS)C1CN(CC(=O)N[C@@H](CC2=CNC3CCC=CC23)C(=O)O)C2CC=CC=C2C(c2ccccc2)=N1. The van der Waals surface area contributed by atoms with Gasteiger partial charge in [0.1, 0.15) is 12.2 Å². The van der Waals surface area contributed by atoms with Gasteiger partial charge >= 0.3 is 5.97 Å². The van der Waals surface area contributed by atoms with Gasteiger partial charge in [-0.1, -0.05) is 60.7 Å². The van der Waals surface area contributed by atoms with Crippen LogP contribution in [0.25, 0.3) is 0 Å². The second-order valence-corrected chi connectivity index (χ2v) is 11.8. The first-order valence-electron chi connectivity index (χ1n) is 14.8. The van der Waals surface area contributed by atoms with Gasteiger partial charge in [0.2, 0.25) is 11.8 Å². The number of allylic oxidation sites excluding steroid dienone is 3. The van der Waals surface area contributed by atoms with Crippen LogP contribution < -0.4 is 16.4 Å². The molecule has 5 rings (SSSR count). The normalized spacial score (nSPS) is 26.0. The highest BCUT2D eigenvalue weighted by molar-refractivity contribution is 7.80. The molecule has 11 heteroatoms. The number of aliphatic carboxylic acids is 1. The number of hydrogen-bond acceptors (Lipinski definition) is 8. The van der Waals surface area contributed by atoms with Crippen LogP contribution in [0.15, 0.2) is 83.1 Å². The molecule has 228 valence electrons. The average molecular weight is 605 g/mol. The summed E-state index contributed by atoms with van der Waals surface area (Å²) in [6.07, 6.45) is 14.4. The number of amides is 2. The van der Waals surface area contributed by atoms with E-state index >= 15 is 0 Å². The zero-order valence-electron chi connectivity index (χ0n) is 24.3. The standard InChI is InChI=1S/C32H40N6O4S/c1-37(31(40)24(33)19-43)28-17-38(27-14-8-6-12-23(27)30(36-28)20-9-3-2-4-10-20)18-29(39)35-26(32(41)42)15-21-16-34-25-13-7-5-11-22(21)25/h2-6,8-12,16,22,24-28,34,43H,7,13-15,17-19,33H2,1H3,(H,35,39)(H,41,42)/t22?,24-,25?,26-,27?,28?/m0/s1. The van der Waals surface area contributed by atoms with Crippen molar-refractivity contribution in [2.45, 2.75) is 56.0 Å². The van der Waals surface area contributed by atoms with Crippen molar-refractivity contribution in [1.29, 1.82) is 0 Å². The van der Waals surface area contributed by atoms with Crippen LogP contribution in [-0.2, 0) is 14.4 Å². The second kappa shape index (κ2) is 13.7. The van der Waals surface area contributed by atoms with Gasteiger partial charge in [0.15, 0.2) is 0 Å². The zero-order valence-corrected chi connectivity index (χ0v) is 25.2. The number of rotatable bonds is 10. The van der Waals surface area contributed by atoms with Crippen LogP contribution in [0.2, 0.25) is 0 Å². The quantitative estimate of drug-likeness (QED) is 0.203. The first kappa shape index (κ1) is 30.8. The highest BCUT2D eigenvalue weighted by atomic mass is 32.1. The number of hydrogen-bond donors (Lipinski definition) is 5. The molecule has 10 nitrogen and oxygen atoms in total. The Bertz CT molecular complexity index is 1370. The first-order chi connectivity index (χ1) is 20.8. The van der Waals surface area contributed by atoms with Gasteiger partial charge in [0.05, 0.1) is 18.3 Å². The molecular weight excluding hydrogens is 564 g/mol. The van der Waals surface area contributed by atoms with Gasteiger partial charge in [-0.3, -0.25) is 19.5 Å². The predicted molar refractivity (Wildman–Crippen MR) is 170 cm³/mol. The molecule has 0 fully saturated rings. The molecule has 2 aliphatic heterocycles. The molecule has 0 saturated carbocycles. The number of nitrogens with zero attached hydrogens (tertiary/aromatic N) is 3. The van der Waals surface area contributed by atoms with E-state index in [-0.39, 0.29) is 49.2 Å². The zero-order chi connectivity index (χ0) is 30.5. The fourth-order valence-corrected chi connectivity index (χ4v) is 6.43. The van der Waals surface area contributed by atoms with Crippen molar-refractivity contribution in [3.05, 3.63) is 83.6 Å². The number of likely N-dealkylation sites (N-methyl/N-ethyl adjacent to an activating group) is 1. The summed E-state index contributed by atoms with van der Waals surface area (Å²) in [5.74, 6) is -1.43. The third-order valence-electron chi connectivity index (χ3n) is 8.63. The number of carboxylic acid groups (broad SMARTS) is 1. The summed E-state index contributed by atoms with van der Waals surface area (Å²) in [5, 5.41) is 16.2. The third-order valence-corrected chi connectivity index (χ3v) is 9.02. The van der Waals surface area contributed by atoms with Crippen LogP contribution in [0, 0.1) is 5.92 Å². The number of fused-ring (bicyclic) bond motifs is 2. The molecule has 2 heterocycles. The fraction of sp³-hybridized carbons (Fsp3) is 0.438. The van der Waals surface area contributed by atoms with E-state index < -0.39 is 30.1 Å². The summed E-state index contributed by atoms with van der Waals surface area (Å²) < 4.78 is 0. The van der Waals surface area contributed by atoms with Gasteiger partial charge in [-0.2, -0.15) is 12.6 Å². The van der Waals surface area contributed by atoms with E-state index in [2.05, 4.69) is 35.4 Å². The first-order valence-corrected chi connectivity index (χ1v) is 15.4. The van der Waals surface area contributed by atoms with Crippen LogP contribution in [0.1, 0.15) is 31.2 Å². The topological polar surface area (TPSA) is 140 Å². The minimum Gasteiger partial charge on any atom is -0.480 e. The summed E-state index contributed by atoms with van der Waals surface area (Å²) in [7, 11) is 1.67. The number of benzene rings is 1. The molecule has 0 bridgehead atoms. The Balaban J connectivity index is 1.38. The maximum atomic E-state index is 13.5. The minimum atomic E-state index is -1.08. The molecule has 1 aromatic rings. The summed E-state index contributed by atoms with van der Waals surface area (Å²) in [5.41, 5.74) is 9.63. The van der Waals surface area contributed by atoms with Crippen molar-refractivity contribution in [3.63, 3.8) is 0 Å². The Labute approximate surface area is 257 Å². The molecule has 2 amide bonds. The molecule has 2 aliphatic carbocycles. The van der Waals surface area contributed by atoms with Crippen LogP contribution in [0.3, 0.4) is 0 Å². The van der Waals surface area contributed by atoms with E-state index in [0.717, 1.165) is 35.3 Å². The lowest BCUT2D eigenvalue weighted by Gasteiger charge is -2.35. The molecule has 0 radical (unpaired) electrons. The highest BCUT2D eigenvalue weighted by Gasteiger charge is 2.37. The van der Waals surface area contributed by atoms with Gasteiger partial charge in [-0.25, -0.2) is 4.79 Å². The lowest BCUT2D eigenvalue weighted by molar-refractivity contribution is -0.142. The molecular formula is C32H40N6O4S. The van der Waals surface area contributed by atoms with E-state index in [9.17, 15) is 19.5 Å². The predicted octanol–water partition coefficient (Wildman–Crippen LogP) is 1.87. The molecule has 1 aromatic carbocycles. The van der Waals surface area contributed by atoms with Crippen molar-refractivity contribution >= 4 is 36.1 Å². The van der Waals surface area contributed by atoms with Crippen LogP contribution >= 0.6 is 12.6 Å². The van der Waals surface area contributed by atoms with Gasteiger partial charge in [0.25, 0.3) is 0 Å². The maximum Gasteiger partial charge on any atom is 0.326 e. The molecule has 4 unspecified atom stereocenters. The van der Waals surface area contributed by atoms with Gasteiger partial charge < -0.3 is 26.4 Å². The molecule has 0 saturated heterocycles. The highest BCUT2D eigenvalue weighted by Crippen LogP contribution is 2.32. The summed E-state index contributed by atoms with van der Waals surface area (Å²) in [4.78, 5) is 47.5. The third kappa shape index (κ3) is 6.95. The average Bonchev–Trinajstić information content (AvgIpc) is 3.36. The fourth-order valence-electron chi connectivity index (χ4n) is 6.28. The summed E-state index contributed by atoms with van der Waals surface area (Å²) >= 11 is 4.21. The number of thiol groups is 1. The Morgan fingerprint density at radius 3 is 2.79 bits per heavy atom. The number of nitrogens with two attached hydrogens (primary N) is 1. The Morgan fingerprint density at radius 1 is 1.26 bits per heavy atom. The Hall–Kier alpha value is -3.67. The number of carboxylic acids is 1. The molecule has 43 heavy (non-hydrogen) atoms. The van der Waals surface area contributed by atoms with Crippen molar-refractivity contribution in [1.82, 2.24) is 20.4 Å². The van der Waals surface area contributed by atoms with Gasteiger partial charge in [0, 0.05) is 49.3 Å². The summed E-state index contributed by atoms with van der Waals surface area (Å²) in [6, 6.07) is 8.00. The van der Waals surface area contributed by atoms with E-state index in [0.29, 0.717) is 6.42 Å². The van der Waals surface area contributed by atoms with Gasteiger partial charge in [-0.15, -0.1) is 0 Å². The number of carbonyl (C=O) groups is 3. The Morgan fingerprint density at radius 2 is 2.05 bits per heavy atom. The molecule has 0 aromatic heterocycles. The number of nitrogens with one attached hydrogen (secondary N) is 2. The van der Waals surface area contributed by atoms with E-state index in [1.807, 2.05) is 59.7 Å². The van der Waals surface area contributed by atoms with E-state index in [4.69, 9.17) is 10.7 Å². The molecule has 0 spiro atoms. The Kier molecular flexibility index (Phi) is 9.84. The van der Waals surface area contributed by atoms with Crippen LogP contribution in [-0.4, -0.2) is 94.6 Å². The van der Waals surface area contributed by atoms with Crippen LogP contribution in [0.4, 0.5) is 0 Å². The molecule has 5 N–H and O–H groups in total. The van der Waals surface area contributed by atoms with E-state index in [1.165, 1.54) is 4.90 Å². The number of carbonyl (C=O) groups excluding carboxylic acids is 2. The van der Waals surface area contributed by atoms with Crippen LogP contribution in [0.5, 0.6) is 0 Å². The van der Waals surface area contributed by atoms with Crippen molar-refractivity contribution < 1.29 is 19.5 Å².